The van der Waals surface area contributed by atoms with Crippen LogP contribution in [0.5, 0.6) is 5.75 Å². The van der Waals surface area contributed by atoms with Crippen molar-refractivity contribution < 1.29 is 28.2 Å². The van der Waals surface area contributed by atoms with Gasteiger partial charge in [0.05, 0.1) is 28.9 Å². The van der Waals surface area contributed by atoms with Crippen LogP contribution < -0.4 is 9.64 Å². The lowest BCUT2D eigenvalue weighted by molar-refractivity contribution is -0.117. The maximum absolute atomic E-state index is 13.7. The summed E-state index contributed by atoms with van der Waals surface area (Å²) < 4.78 is 24.9. The molecule has 0 spiro atoms. The van der Waals surface area contributed by atoms with Crippen molar-refractivity contribution in [3.8, 4) is 5.75 Å². The number of thiazole rings is 1. The number of halogens is 1. The lowest BCUT2D eigenvalue weighted by Gasteiger charge is -2.24. The number of ketones is 1. The van der Waals surface area contributed by atoms with E-state index in [1.807, 2.05) is 0 Å². The summed E-state index contributed by atoms with van der Waals surface area (Å²) in [7, 11) is 1.53. The van der Waals surface area contributed by atoms with Gasteiger partial charge in [0.1, 0.15) is 17.3 Å². The maximum atomic E-state index is 13.7. The van der Waals surface area contributed by atoms with Crippen LogP contribution in [0.15, 0.2) is 70.3 Å². The monoisotopic (exact) mass is 464 g/mol. The highest BCUT2D eigenvalue weighted by atomic mass is 32.1. The zero-order valence-corrected chi connectivity index (χ0v) is 18.4. The summed E-state index contributed by atoms with van der Waals surface area (Å²) in [4.78, 5) is 32.3. The van der Waals surface area contributed by atoms with Crippen molar-refractivity contribution in [2.24, 2.45) is 0 Å². The lowest BCUT2D eigenvalue weighted by atomic mass is 9.95. The van der Waals surface area contributed by atoms with Crippen LogP contribution in [0.25, 0.3) is 10.2 Å². The van der Waals surface area contributed by atoms with Crippen molar-refractivity contribution >= 4 is 38.4 Å². The molecule has 0 fully saturated rings. The van der Waals surface area contributed by atoms with Gasteiger partial charge in [-0.05, 0) is 55.0 Å². The third-order valence-corrected chi connectivity index (χ3v) is 6.41. The molecule has 1 aliphatic heterocycles. The number of nitrogens with zero attached hydrogens (tertiary/aromatic N) is 2. The average molecular weight is 464 g/mol. The van der Waals surface area contributed by atoms with Crippen LogP contribution in [0.2, 0.25) is 0 Å². The first-order valence-corrected chi connectivity index (χ1v) is 10.8. The first kappa shape index (κ1) is 20.9. The van der Waals surface area contributed by atoms with Gasteiger partial charge >= 0.3 is 0 Å². The quantitative estimate of drug-likeness (QED) is 0.412. The summed E-state index contributed by atoms with van der Waals surface area (Å²) in [6.45, 7) is 1.69. The van der Waals surface area contributed by atoms with E-state index in [4.69, 9.17) is 9.15 Å². The average Bonchev–Trinajstić information content (AvgIpc) is 3.49. The van der Waals surface area contributed by atoms with Crippen LogP contribution in [0.3, 0.4) is 0 Å². The highest BCUT2D eigenvalue weighted by Gasteiger charge is 2.46. The number of ether oxygens (including phenoxy) is 1. The Hall–Kier alpha value is -3.98. The van der Waals surface area contributed by atoms with Gasteiger partial charge in [0.15, 0.2) is 16.7 Å². The molecule has 9 heteroatoms. The lowest BCUT2D eigenvalue weighted by Crippen LogP contribution is -2.30. The minimum absolute atomic E-state index is 0.00795. The Balaban J connectivity index is 1.67. The number of benzene rings is 2. The molecule has 5 rings (SSSR count). The van der Waals surface area contributed by atoms with Crippen molar-refractivity contribution in [1.82, 2.24) is 4.98 Å². The zero-order valence-electron chi connectivity index (χ0n) is 17.5. The molecule has 33 heavy (non-hydrogen) atoms. The molecule has 1 amide bonds. The van der Waals surface area contributed by atoms with Crippen LogP contribution in [-0.2, 0) is 4.79 Å². The third kappa shape index (κ3) is 3.46. The standard InChI is InChI=1S/C24H17FN2O5S/c1-12-3-10-17(32-12)21(28)19-20(13-4-7-15(31-2)8-5-13)27(23(30)22(19)29)24-26-16-9-6-14(25)11-18(16)33-24/h3-11,20,29H,1-2H3/t20-/m1/s1. The van der Waals surface area contributed by atoms with Gasteiger partial charge in [0.25, 0.3) is 5.91 Å². The normalized spacial score (nSPS) is 16.2. The summed E-state index contributed by atoms with van der Waals surface area (Å²) in [5.74, 6) is -1.37. The Morgan fingerprint density at radius 2 is 1.94 bits per heavy atom. The number of hydrogen-bond acceptors (Lipinski definition) is 7. The summed E-state index contributed by atoms with van der Waals surface area (Å²) in [5, 5.41) is 11.0. The molecular formula is C24H17FN2O5S. The van der Waals surface area contributed by atoms with E-state index >= 15 is 0 Å². The Morgan fingerprint density at radius 3 is 2.61 bits per heavy atom. The number of carbonyl (C=O) groups excluding carboxylic acids is 2. The number of hydrogen-bond donors (Lipinski definition) is 1. The Bertz CT molecular complexity index is 1440. The Morgan fingerprint density at radius 1 is 1.18 bits per heavy atom. The van der Waals surface area contributed by atoms with Crippen molar-refractivity contribution in [3.05, 3.63) is 88.8 Å². The van der Waals surface area contributed by atoms with Gasteiger partial charge in [0.2, 0.25) is 5.78 Å². The first-order valence-electron chi connectivity index (χ1n) is 9.95. The largest absolute Gasteiger partial charge is 0.503 e. The van der Waals surface area contributed by atoms with Gasteiger partial charge in [-0.2, -0.15) is 0 Å². The van der Waals surface area contributed by atoms with E-state index < -0.39 is 29.3 Å². The van der Waals surface area contributed by atoms with Gasteiger partial charge in [0, 0.05) is 0 Å². The molecule has 0 bridgehead atoms. The fourth-order valence-electron chi connectivity index (χ4n) is 3.81. The van der Waals surface area contributed by atoms with Gasteiger partial charge in [-0.15, -0.1) is 0 Å². The van der Waals surface area contributed by atoms with E-state index in [1.54, 1.807) is 37.3 Å². The SMILES string of the molecule is COc1ccc([C@@H]2C(C(=O)c3ccc(C)o3)=C(O)C(=O)N2c2nc3ccc(F)cc3s2)cc1. The molecule has 1 atom stereocenters. The topological polar surface area (TPSA) is 92.9 Å². The number of aliphatic hydroxyl groups excluding tert-OH is 1. The molecule has 7 nitrogen and oxygen atoms in total. The van der Waals surface area contributed by atoms with Crippen LogP contribution in [0.1, 0.15) is 27.9 Å². The number of anilines is 1. The minimum atomic E-state index is -0.966. The van der Waals surface area contributed by atoms with Crippen molar-refractivity contribution in [2.75, 3.05) is 12.0 Å². The van der Waals surface area contributed by atoms with E-state index in [2.05, 4.69) is 4.98 Å². The van der Waals surface area contributed by atoms with Crippen LogP contribution in [0, 0.1) is 12.7 Å². The van der Waals surface area contributed by atoms with Crippen molar-refractivity contribution in [1.29, 1.82) is 0 Å². The number of furan rings is 1. The number of aliphatic hydroxyl groups is 1. The molecule has 4 aromatic rings. The predicted octanol–water partition coefficient (Wildman–Crippen LogP) is 5.13. The fraction of sp³-hybridized carbons (Fsp3) is 0.125. The van der Waals surface area contributed by atoms with Crippen molar-refractivity contribution in [3.63, 3.8) is 0 Å². The number of aryl methyl sites for hydroxylation is 1. The van der Waals surface area contributed by atoms with Gasteiger partial charge in [-0.1, -0.05) is 23.5 Å². The van der Waals surface area contributed by atoms with Crippen LogP contribution in [-0.4, -0.2) is 28.9 Å². The Labute approximate surface area is 191 Å². The second kappa shape index (κ2) is 7.86. The summed E-state index contributed by atoms with van der Waals surface area (Å²) in [6.07, 6.45) is 0. The minimum Gasteiger partial charge on any atom is -0.503 e. The Kier molecular flexibility index (Phi) is 4.98. The van der Waals surface area contributed by atoms with Gasteiger partial charge in [-0.25, -0.2) is 9.37 Å². The number of fused-ring (bicyclic) bond motifs is 1. The molecule has 1 N–H and O–H groups in total. The number of carbonyl (C=O) groups is 2. The van der Waals surface area contributed by atoms with E-state index in [0.717, 1.165) is 11.3 Å². The molecule has 2 aromatic heterocycles. The number of aromatic nitrogens is 1. The maximum Gasteiger partial charge on any atom is 0.296 e. The van der Waals surface area contributed by atoms with Gasteiger partial charge < -0.3 is 14.3 Å². The molecule has 0 aliphatic carbocycles. The molecule has 0 saturated heterocycles. The molecule has 166 valence electrons. The number of rotatable bonds is 5. The second-order valence-corrected chi connectivity index (χ2v) is 8.47. The van der Waals surface area contributed by atoms with E-state index in [1.165, 1.54) is 36.3 Å². The van der Waals surface area contributed by atoms with Crippen LogP contribution >= 0.6 is 11.3 Å². The second-order valence-electron chi connectivity index (χ2n) is 7.46. The molecule has 0 radical (unpaired) electrons. The van der Waals surface area contributed by atoms with E-state index in [0.29, 0.717) is 27.3 Å². The summed E-state index contributed by atoms with van der Waals surface area (Å²) in [5.41, 5.74) is 0.939. The number of methoxy groups -OCH3 is 1. The highest BCUT2D eigenvalue weighted by Crippen LogP contribution is 2.44. The molecule has 0 saturated carbocycles. The molecule has 1 aliphatic rings. The molecule has 2 aromatic carbocycles. The molecule has 3 heterocycles. The van der Waals surface area contributed by atoms with Crippen LogP contribution in [0.4, 0.5) is 9.52 Å². The smallest absolute Gasteiger partial charge is 0.296 e. The zero-order chi connectivity index (χ0) is 23.3. The van der Waals surface area contributed by atoms with Gasteiger partial charge in [-0.3, -0.25) is 14.5 Å². The van der Waals surface area contributed by atoms with E-state index in [9.17, 15) is 19.1 Å². The first-order chi connectivity index (χ1) is 15.9. The fourth-order valence-corrected chi connectivity index (χ4v) is 4.83. The number of Topliss-reactive ketones (excluding diaryl/α,β-unsaturated/α-hetero) is 1. The predicted molar refractivity (Wildman–Crippen MR) is 120 cm³/mol. The highest BCUT2D eigenvalue weighted by molar-refractivity contribution is 7.22. The molecular weight excluding hydrogens is 447 g/mol. The van der Waals surface area contributed by atoms with E-state index in [-0.39, 0.29) is 16.5 Å². The molecule has 0 unspecified atom stereocenters. The third-order valence-electron chi connectivity index (χ3n) is 5.39. The number of amides is 1. The van der Waals surface area contributed by atoms with Crippen molar-refractivity contribution in [2.45, 2.75) is 13.0 Å². The summed E-state index contributed by atoms with van der Waals surface area (Å²) >= 11 is 1.09. The summed E-state index contributed by atoms with van der Waals surface area (Å²) in [6, 6.07) is 13.1.